The molecule has 0 saturated carbocycles. The van der Waals surface area contributed by atoms with Gasteiger partial charge in [-0.05, 0) is 139 Å². The smallest absolute Gasteiger partial charge is 0.372 e. The molecule has 6 aromatic rings. The Kier molecular flexibility index (Phi) is 19.1. The van der Waals surface area contributed by atoms with Crippen LogP contribution in [0.4, 0.5) is 39.5 Å². The zero-order chi connectivity index (χ0) is 70.4. The Morgan fingerprint density at radius 1 is 0.531 bits per heavy atom. The Labute approximate surface area is 564 Å². The first-order chi connectivity index (χ1) is 46.0. The van der Waals surface area contributed by atoms with Crippen LogP contribution in [0, 0.1) is 5.41 Å². The zero-order valence-corrected chi connectivity index (χ0v) is 56.9. The number of aromatic amines is 3. The quantitative estimate of drug-likeness (QED) is 0.0754. The molecular formula is C70H85F9N12O6S. The lowest BCUT2D eigenvalue weighted by Crippen LogP contribution is -2.54. The molecule has 5 atom stereocenters. The number of halogens is 9. The van der Waals surface area contributed by atoms with E-state index in [9.17, 15) is 53.0 Å². The number of nitrogens with one attached hydrogen (secondary N) is 3. The molecule has 0 bridgehead atoms. The summed E-state index contributed by atoms with van der Waals surface area (Å²) in [5.41, 5.74) is 0.279. The van der Waals surface area contributed by atoms with Crippen molar-refractivity contribution < 1.29 is 67.4 Å². The monoisotopic (exact) mass is 1390 g/mol. The standard InChI is InChI=1S/C70H85F9N12O6S/c1-65(2,3)98(96,97)89-31-26-57-51(40-89)60(85-82-57)63(94)90-32-22-42(47-15-9-12-18-53(47)69(74,75)76)34-44(90)36-66(4,5)64(95)87-29-24-55-49(38-87)59(84-80-55)62(93)91-33-23-43(48-16-10-13-19-54(48)70(77,78)79)35-45(91)37-67(6,7)88-30-25-56-50(39-88)58(83-81-56)61(92)86-27-20-41(21-28-86)46-14-8-11-17-52(46)68(71,72)73/h8-19,41-45,61,92H,20-40H2,1-7H3,(H,80,84)(H,81,83)(H,82,85). The van der Waals surface area contributed by atoms with E-state index in [1.165, 1.54) is 40.7 Å². The number of alkyl halides is 9. The van der Waals surface area contributed by atoms with Crippen molar-refractivity contribution in [1.82, 2.24) is 59.4 Å². The molecule has 9 heterocycles. The van der Waals surface area contributed by atoms with E-state index in [-0.39, 0.29) is 131 Å². The highest BCUT2D eigenvalue weighted by molar-refractivity contribution is 7.90. The lowest BCUT2D eigenvalue weighted by molar-refractivity contribution is -0.142. The maximum atomic E-state index is 15.5. The summed E-state index contributed by atoms with van der Waals surface area (Å²) < 4.78 is 158. The molecule has 28 heteroatoms. The number of sulfonamides is 1. The molecular weight excluding hydrogens is 1310 g/mol. The van der Waals surface area contributed by atoms with Gasteiger partial charge in [-0.25, -0.2) is 8.42 Å². The minimum Gasteiger partial charge on any atom is -0.372 e. The molecule has 5 unspecified atom stereocenters. The number of aromatic nitrogens is 6. The molecule has 0 radical (unpaired) electrons. The first kappa shape index (κ1) is 70.7. The summed E-state index contributed by atoms with van der Waals surface area (Å²) in [6.45, 7) is 13.9. The normalized spacial score (nSPS) is 22.0. The van der Waals surface area contributed by atoms with Crippen LogP contribution in [0.1, 0.15) is 218 Å². The van der Waals surface area contributed by atoms with E-state index >= 15 is 14.4 Å². The van der Waals surface area contributed by atoms with Gasteiger partial charge in [0.05, 0.1) is 21.4 Å². The predicted molar refractivity (Wildman–Crippen MR) is 345 cm³/mol. The molecule has 3 amide bonds. The molecule has 0 aliphatic carbocycles. The topological polar surface area (TPSA) is 211 Å². The highest BCUT2D eigenvalue weighted by atomic mass is 32.2. The molecule has 3 fully saturated rings. The van der Waals surface area contributed by atoms with Gasteiger partial charge < -0.3 is 19.8 Å². The maximum absolute atomic E-state index is 15.5. The second-order valence-corrected chi connectivity index (χ2v) is 32.5. The van der Waals surface area contributed by atoms with E-state index in [1.54, 1.807) is 67.5 Å². The first-order valence-corrected chi connectivity index (χ1v) is 35.2. The van der Waals surface area contributed by atoms with Crippen molar-refractivity contribution in [2.24, 2.45) is 5.41 Å². The summed E-state index contributed by atoms with van der Waals surface area (Å²) in [6.07, 6.45) is -12.4. The number of H-pyrrole nitrogens is 3. The van der Waals surface area contributed by atoms with Crippen molar-refractivity contribution in [2.75, 3.05) is 45.8 Å². The SMILES string of the molecule is CC(C)(CC1CC(c2ccccc2C(F)(F)F)CCN1C(=O)c1n[nH]c2c1CN(S(=O)(=O)C(C)(C)C)CC2)C(=O)N1CCc2[nH]nc(C(=O)N3CCC(c4ccccc4C(F)(F)F)CC3CC(C)(C)N3CCc4[nH]nc(C(O)N5CCC(c6ccccc6C(F)(F)F)CC5)c4C3)c2C1. The molecule has 4 N–H and O–H groups in total. The Hall–Kier alpha value is -7.14. The third-order valence-electron chi connectivity index (χ3n) is 21.7. The summed E-state index contributed by atoms with van der Waals surface area (Å²) in [7, 11) is -3.83. The van der Waals surface area contributed by atoms with E-state index < -0.39 is 103 Å². The molecule has 6 aliphatic heterocycles. The average molecular weight is 1390 g/mol. The Balaban J connectivity index is 0.782. The summed E-state index contributed by atoms with van der Waals surface area (Å²) in [4.78, 5) is 54.7. The average Bonchev–Trinajstić information content (AvgIpc) is 1.44. The zero-order valence-electron chi connectivity index (χ0n) is 56.1. The van der Waals surface area contributed by atoms with Crippen LogP contribution in [0.15, 0.2) is 72.8 Å². The van der Waals surface area contributed by atoms with Crippen molar-refractivity contribution >= 4 is 27.7 Å². The van der Waals surface area contributed by atoms with Crippen molar-refractivity contribution in [3.63, 3.8) is 0 Å². The lowest BCUT2D eigenvalue weighted by Gasteiger charge is -2.47. The van der Waals surface area contributed by atoms with Gasteiger partial charge in [0.25, 0.3) is 11.8 Å². The Bertz CT molecular complexity index is 4070. The van der Waals surface area contributed by atoms with Gasteiger partial charge in [0, 0.05) is 142 Å². The highest BCUT2D eigenvalue weighted by Gasteiger charge is 2.49. The van der Waals surface area contributed by atoms with E-state index in [0.717, 1.165) is 29.5 Å². The van der Waals surface area contributed by atoms with Crippen LogP contribution in [0.5, 0.6) is 0 Å². The second kappa shape index (κ2) is 26.4. The molecule has 530 valence electrons. The number of carbonyl (C=O) groups is 3. The van der Waals surface area contributed by atoms with Crippen LogP contribution in [-0.4, -0.2) is 159 Å². The van der Waals surface area contributed by atoms with E-state index in [2.05, 4.69) is 35.5 Å². The number of likely N-dealkylation sites (tertiary alicyclic amines) is 3. The van der Waals surface area contributed by atoms with Gasteiger partial charge in [-0.15, -0.1) is 0 Å². The number of aliphatic hydroxyl groups is 1. The van der Waals surface area contributed by atoms with E-state index in [1.807, 2.05) is 18.7 Å². The Morgan fingerprint density at radius 2 is 0.959 bits per heavy atom. The number of benzene rings is 3. The fourth-order valence-electron chi connectivity index (χ4n) is 16.4. The van der Waals surface area contributed by atoms with Crippen molar-refractivity contribution in [2.45, 2.75) is 204 Å². The number of aliphatic hydroxyl groups excluding tert-OH is 1. The molecule has 18 nitrogen and oxygen atoms in total. The second-order valence-electron chi connectivity index (χ2n) is 29.8. The molecule has 98 heavy (non-hydrogen) atoms. The molecule has 6 aliphatic rings. The molecule has 3 aromatic carbocycles. The van der Waals surface area contributed by atoms with Gasteiger partial charge in [0.15, 0.2) is 17.6 Å². The van der Waals surface area contributed by atoms with Crippen molar-refractivity contribution in [1.29, 1.82) is 0 Å². The van der Waals surface area contributed by atoms with Crippen LogP contribution in [-0.2, 0) is 72.2 Å². The number of amides is 3. The number of hydrogen-bond donors (Lipinski definition) is 4. The fourth-order valence-corrected chi connectivity index (χ4v) is 17.8. The lowest BCUT2D eigenvalue weighted by atomic mass is 9.76. The fraction of sp³-hybridized carbons (Fsp3) is 0.571. The van der Waals surface area contributed by atoms with Crippen LogP contribution in [0.3, 0.4) is 0 Å². The summed E-state index contributed by atoms with van der Waals surface area (Å²) in [6, 6.07) is 14.9. The molecule has 12 rings (SSSR count). The summed E-state index contributed by atoms with van der Waals surface area (Å²) >= 11 is 0. The van der Waals surface area contributed by atoms with E-state index in [0.29, 0.717) is 73.7 Å². The summed E-state index contributed by atoms with van der Waals surface area (Å²) in [5, 5.41) is 34.6. The van der Waals surface area contributed by atoms with Gasteiger partial charge in [-0.2, -0.15) is 59.1 Å². The van der Waals surface area contributed by atoms with Crippen LogP contribution in [0.25, 0.3) is 0 Å². The van der Waals surface area contributed by atoms with Crippen molar-refractivity contribution in [3.05, 3.63) is 157 Å². The largest absolute Gasteiger partial charge is 0.416 e. The number of rotatable bonds is 14. The number of nitrogens with zero attached hydrogens (tertiary/aromatic N) is 9. The van der Waals surface area contributed by atoms with Crippen LogP contribution < -0.4 is 0 Å². The Morgan fingerprint density at radius 3 is 1.46 bits per heavy atom. The highest BCUT2D eigenvalue weighted by Crippen LogP contribution is 2.47. The van der Waals surface area contributed by atoms with E-state index in [4.69, 9.17) is 0 Å². The van der Waals surface area contributed by atoms with Gasteiger partial charge in [0.1, 0.15) is 5.69 Å². The predicted octanol–water partition coefficient (Wildman–Crippen LogP) is 12.3. The third kappa shape index (κ3) is 13.8. The number of fused-ring (bicyclic) bond motifs is 3. The number of hydrogen-bond acceptors (Lipinski definition) is 11. The van der Waals surface area contributed by atoms with Crippen molar-refractivity contribution in [3.8, 4) is 0 Å². The number of piperidine rings is 3. The minimum absolute atomic E-state index is 0.00163. The maximum Gasteiger partial charge on any atom is 0.416 e. The minimum atomic E-state index is -4.68. The van der Waals surface area contributed by atoms with Crippen LogP contribution in [0.2, 0.25) is 0 Å². The molecule has 3 aromatic heterocycles. The molecule has 0 spiro atoms. The molecule has 3 saturated heterocycles. The van der Waals surface area contributed by atoms with Gasteiger partial charge in [0.2, 0.25) is 15.9 Å². The summed E-state index contributed by atoms with van der Waals surface area (Å²) in [5.74, 6) is -3.03. The van der Waals surface area contributed by atoms with Gasteiger partial charge >= 0.3 is 18.5 Å². The van der Waals surface area contributed by atoms with Gasteiger partial charge in [-0.1, -0.05) is 68.4 Å². The third-order valence-corrected chi connectivity index (χ3v) is 24.3. The van der Waals surface area contributed by atoms with Crippen LogP contribution >= 0.6 is 0 Å². The first-order valence-electron chi connectivity index (χ1n) is 33.8. The van der Waals surface area contributed by atoms with Gasteiger partial charge in [-0.3, -0.25) is 39.5 Å². The number of carbonyl (C=O) groups excluding carboxylic acids is 3.